The molecule has 0 aromatic heterocycles. The predicted molar refractivity (Wildman–Crippen MR) is 115 cm³/mol. The van der Waals surface area contributed by atoms with Gasteiger partial charge in [0, 0.05) is 17.7 Å². The lowest BCUT2D eigenvalue weighted by molar-refractivity contribution is 0.0205. The van der Waals surface area contributed by atoms with Gasteiger partial charge in [0.1, 0.15) is 0 Å². The standard InChI is InChI=1S/C21H28N2O5.ClH/c1-23(2)11-12-28-21(15-9-7-6-8-10-15)22-20(24)16-13-17(25-3)19(27-5)18(14-16)26-4;/h6-10,13-14,21H,11-12H2,1-5H3,(H,22,24);1H. The van der Waals surface area contributed by atoms with Crippen molar-refractivity contribution in [3.05, 3.63) is 53.6 Å². The van der Waals surface area contributed by atoms with Gasteiger partial charge >= 0.3 is 0 Å². The molecule has 0 heterocycles. The molecular weight excluding hydrogens is 396 g/mol. The van der Waals surface area contributed by atoms with E-state index in [0.717, 1.165) is 12.1 Å². The maximum absolute atomic E-state index is 12.9. The zero-order valence-corrected chi connectivity index (χ0v) is 18.2. The molecular formula is C21H29ClN2O5. The van der Waals surface area contributed by atoms with Gasteiger partial charge in [-0.1, -0.05) is 30.3 Å². The molecule has 0 spiro atoms. The van der Waals surface area contributed by atoms with Crippen LogP contribution >= 0.6 is 12.4 Å². The SMILES string of the molecule is COc1cc(C(=O)NC(OCCN(C)C)c2ccccc2)cc(OC)c1OC.Cl. The molecule has 1 unspecified atom stereocenters. The van der Waals surface area contributed by atoms with Crippen molar-refractivity contribution >= 4 is 18.3 Å². The minimum atomic E-state index is -0.576. The lowest BCUT2D eigenvalue weighted by Gasteiger charge is -2.21. The van der Waals surface area contributed by atoms with Crippen LogP contribution in [0.1, 0.15) is 22.1 Å². The molecule has 0 saturated heterocycles. The van der Waals surface area contributed by atoms with Crippen LogP contribution < -0.4 is 19.5 Å². The topological polar surface area (TPSA) is 69.3 Å². The Labute approximate surface area is 178 Å². The number of nitrogens with one attached hydrogen (secondary N) is 1. The van der Waals surface area contributed by atoms with E-state index in [1.54, 1.807) is 12.1 Å². The van der Waals surface area contributed by atoms with Crippen molar-refractivity contribution in [1.82, 2.24) is 10.2 Å². The molecule has 0 radical (unpaired) electrons. The van der Waals surface area contributed by atoms with Gasteiger partial charge in [-0.3, -0.25) is 4.79 Å². The van der Waals surface area contributed by atoms with Crippen molar-refractivity contribution in [2.75, 3.05) is 48.6 Å². The average Bonchev–Trinajstić information content (AvgIpc) is 2.72. The summed E-state index contributed by atoms with van der Waals surface area (Å²) in [7, 11) is 8.47. The second kappa shape index (κ2) is 12.2. The first kappa shape index (κ1) is 24.6. The molecule has 29 heavy (non-hydrogen) atoms. The van der Waals surface area contributed by atoms with Gasteiger partial charge in [-0.25, -0.2) is 0 Å². The van der Waals surface area contributed by atoms with Crippen LogP contribution in [0.2, 0.25) is 0 Å². The number of methoxy groups -OCH3 is 3. The summed E-state index contributed by atoms with van der Waals surface area (Å²) in [5.41, 5.74) is 1.24. The van der Waals surface area contributed by atoms with Crippen LogP contribution in [-0.4, -0.2) is 59.4 Å². The van der Waals surface area contributed by atoms with Crippen LogP contribution in [0.15, 0.2) is 42.5 Å². The fraction of sp³-hybridized carbons (Fsp3) is 0.381. The summed E-state index contributed by atoms with van der Waals surface area (Å²) in [6.07, 6.45) is -0.576. The van der Waals surface area contributed by atoms with E-state index >= 15 is 0 Å². The zero-order chi connectivity index (χ0) is 20.5. The lowest BCUT2D eigenvalue weighted by atomic mass is 10.1. The first-order valence-corrected chi connectivity index (χ1v) is 8.92. The summed E-state index contributed by atoms with van der Waals surface area (Å²) >= 11 is 0. The maximum Gasteiger partial charge on any atom is 0.253 e. The second-order valence-electron chi connectivity index (χ2n) is 6.35. The third-order valence-corrected chi connectivity index (χ3v) is 4.11. The highest BCUT2D eigenvalue weighted by Crippen LogP contribution is 2.38. The molecule has 2 aromatic carbocycles. The first-order chi connectivity index (χ1) is 13.5. The quantitative estimate of drug-likeness (QED) is 0.591. The fourth-order valence-electron chi connectivity index (χ4n) is 2.62. The van der Waals surface area contributed by atoms with Crippen LogP contribution in [-0.2, 0) is 4.74 Å². The Kier molecular flexibility index (Phi) is 10.3. The number of hydrogen-bond acceptors (Lipinski definition) is 6. The normalized spacial score (nSPS) is 11.4. The highest BCUT2D eigenvalue weighted by atomic mass is 35.5. The number of nitrogens with zero attached hydrogens (tertiary/aromatic N) is 1. The number of carbonyl (C=O) groups is 1. The molecule has 0 fully saturated rings. The summed E-state index contributed by atoms with van der Waals surface area (Å²) in [4.78, 5) is 14.9. The number of ether oxygens (including phenoxy) is 4. The number of benzene rings is 2. The maximum atomic E-state index is 12.9. The van der Waals surface area contributed by atoms with Crippen LogP contribution in [0.5, 0.6) is 17.2 Å². The summed E-state index contributed by atoms with van der Waals surface area (Å²) in [5, 5.41) is 2.93. The van der Waals surface area contributed by atoms with Crippen LogP contribution in [0.25, 0.3) is 0 Å². The van der Waals surface area contributed by atoms with Gasteiger partial charge in [0.15, 0.2) is 17.7 Å². The second-order valence-corrected chi connectivity index (χ2v) is 6.35. The molecule has 0 aliphatic heterocycles. The predicted octanol–water partition coefficient (Wildman–Crippen LogP) is 3.14. The van der Waals surface area contributed by atoms with E-state index in [2.05, 4.69) is 5.32 Å². The summed E-state index contributed by atoms with van der Waals surface area (Å²) in [5.74, 6) is 0.954. The van der Waals surface area contributed by atoms with Crippen LogP contribution in [0.3, 0.4) is 0 Å². The van der Waals surface area contributed by atoms with Crippen LogP contribution in [0, 0.1) is 0 Å². The van der Waals surface area contributed by atoms with Crippen molar-refractivity contribution in [1.29, 1.82) is 0 Å². The Morgan fingerprint density at radius 3 is 2.07 bits per heavy atom. The number of hydrogen-bond donors (Lipinski definition) is 1. The molecule has 1 atom stereocenters. The molecule has 0 bridgehead atoms. The van der Waals surface area contributed by atoms with Gasteiger partial charge < -0.3 is 29.2 Å². The molecule has 2 rings (SSSR count). The molecule has 7 nitrogen and oxygen atoms in total. The largest absolute Gasteiger partial charge is 0.493 e. The number of rotatable bonds is 10. The molecule has 1 N–H and O–H groups in total. The number of halogens is 1. The summed E-state index contributed by atoms with van der Waals surface area (Å²) in [6.45, 7) is 1.21. The third kappa shape index (κ3) is 6.81. The first-order valence-electron chi connectivity index (χ1n) is 8.92. The van der Waals surface area contributed by atoms with Crippen molar-refractivity contribution in [2.45, 2.75) is 6.23 Å². The number of amides is 1. The summed E-state index contributed by atoms with van der Waals surface area (Å²) in [6, 6.07) is 12.8. The van der Waals surface area contributed by atoms with Crippen molar-refractivity contribution in [3.8, 4) is 17.2 Å². The van der Waals surface area contributed by atoms with Crippen molar-refractivity contribution < 1.29 is 23.7 Å². The van der Waals surface area contributed by atoms with E-state index in [-0.39, 0.29) is 18.3 Å². The molecule has 0 saturated carbocycles. The van der Waals surface area contributed by atoms with Gasteiger partial charge in [0.25, 0.3) is 5.91 Å². The highest BCUT2D eigenvalue weighted by molar-refractivity contribution is 5.95. The highest BCUT2D eigenvalue weighted by Gasteiger charge is 2.20. The van der Waals surface area contributed by atoms with Gasteiger partial charge in [-0.2, -0.15) is 0 Å². The van der Waals surface area contributed by atoms with Gasteiger partial charge in [-0.15, -0.1) is 12.4 Å². The number of likely N-dealkylation sites (N-methyl/N-ethyl adjacent to an activating group) is 1. The third-order valence-electron chi connectivity index (χ3n) is 4.11. The Morgan fingerprint density at radius 1 is 1.00 bits per heavy atom. The average molecular weight is 425 g/mol. The Balaban J connectivity index is 0.00000420. The minimum Gasteiger partial charge on any atom is -0.493 e. The van der Waals surface area contributed by atoms with E-state index in [9.17, 15) is 4.79 Å². The Hall–Kier alpha value is -2.48. The van der Waals surface area contributed by atoms with E-state index in [1.165, 1.54) is 21.3 Å². The van der Waals surface area contributed by atoms with Crippen LogP contribution in [0.4, 0.5) is 0 Å². The van der Waals surface area contributed by atoms with Crippen molar-refractivity contribution in [3.63, 3.8) is 0 Å². The molecule has 8 heteroatoms. The minimum absolute atomic E-state index is 0. The summed E-state index contributed by atoms with van der Waals surface area (Å²) < 4.78 is 21.9. The van der Waals surface area contributed by atoms with Gasteiger partial charge in [0.2, 0.25) is 5.75 Å². The fourth-order valence-corrected chi connectivity index (χ4v) is 2.62. The molecule has 2 aromatic rings. The van der Waals surface area contributed by atoms with Crippen molar-refractivity contribution in [2.24, 2.45) is 0 Å². The Bertz CT molecular complexity index is 746. The molecule has 1 amide bonds. The van der Waals surface area contributed by atoms with E-state index in [4.69, 9.17) is 18.9 Å². The van der Waals surface area contributed by atoms with E-state index in [0.29, 0.717) is 29.4 Å². The van der Waals surface area contributed by atoms with Gasteiger partial charge in [-0.05, 0) is 26.2 Å². The van der Waals surface area contributed by atoms with Gasteiger partial charge in [0.05, 0.1) is 27.9 Å². The van der Waals surface area contributed by atoms with E-state index < -0.39 is 6.23 Å². The zero-order valence-electron chi connectivity index (χ0n) is 17.4. The monoisotopic (exact) mass is 424 g/mol. The smallest absolute Gasteiger partial charge is 0.253 e. The molecule has 0 aliphatic rings. The lowest BCUT2D eigenvalue weighted by Crippen LogP contribution is -2.32. The molecule has 160 valence electrons. The molecule has 0 aliphatic carbocycles. The van der Waals surface area contributed by atoms with E-state index in [1.807, 2.05) is 49.3 Å². The number of carbonyl (C=O) groups excluding carboxylic acids is 1. The Morgan fingerprint density at radius 2 is 1.59 bits per heavy atom.